The third kappa shape index (κ3) is 4.40. The molecule has 1 N–H and O–H groups in total. The Kier molecular flexibility index (Phi) is 5.66. The molecule has 2 aromatic rings. The Labute approximate surface area is 155 Å². The molecule has 1 aromatic heterocycles. The molecule has 5 nitrogen and oxygen atoms in total. The molecule has 0 atom stereocenters. The number of anilines is 1. The molecule has 2 heterocycles. The van der Waals surface area contributed by atoms with Crippen LogP contribution in [-0.4, -0.2) is 33.0 Å². The van der Waals surface area contributed by atoms with Gasteiger partial charge in [-0.2, -0.15) is 0 Å². The van der Waals surface area contributed by atoms with Gasteiger partial charge >= 0.3 is 0 Å². The second-order valence-electron chi connectivity index (χ2n) is 5.57. The fourth-order valence-corrected chi connectivity index (χ4v) is 5.22. The highest BCUT2D eigenvalue weighted by Gasteiger charge is 2.17. The number of nitrogens with zero attached hydrogens (tertiary/aromatic N) is 2. The van der Waals surface area contributed by atoms with Gasteiger partial charge in [-0.15, -0.1) is 11.3 Å². The number of rotatable bonds is 6. The van der Waals surface area contributed by atoms with E-state index >= 15 is 0 Å². The van der Waals surface area contributed by atoms with Gasteiger partial charge in [0, 0.05) is 41.5 Å². The van der Waals surface area contributed by atoms with Crippen LogP contribution >= 0.6 is 34.5 Å². The minimum atomic E-state index is -3.64. The molecule has 130 valence electrons. The fourth-order valence-electron chi connectivity index (χ4n) is 2.55. The molecule has 1 aromatic carbocycles. The molecule has 1 fully saturated rings. The molecule has 9 heteroatoms. The standard InChI is InChI=1S/C15H17Cl2N3O2S2/c16-11-7-12(17)9-14(8-11)24(21,22)18-4-3-13-10-23-15(19-13)20-5-1-2-6-20/h7-10,18H,1-6H2. The van der Waals surface area contributed by atoms with Gasteiger partial charge in [-0.1, -0.05) is 23.2 Å². The van der Waals surface area contributed by atoms with E-state index in [9.17, 15) is 8.42 Å². The lowest BCUT2D eigenvalue weighted by Crippen LogP contribution is -2.26. The van der Waals surface area contributed by atoms with Crippen molar-refractivity contribution < 1.29 is 8.42 Å². The van der Waals surface area contributed by atoms with Crippen LogP contribution in [0.5, 0.6) is 0 Å². The van der Waals surface area contributed by atoms with Gasteiger partial charge in [0.15, 0.2) is 5.13 Å². The van der Waals surface area contributed by atoms with Crippen molar-refractivity contribution in [2.75, 3.05) is 24.5 Å². The highest BCUT2D eigenvalue weighted by molar-refractivity contribution is 7.89. The molecule has 3 rings (SSSR count). The van der Waals surface area contributed by atoms with Gasteiger partial charge in [0.2, 0.25) is 10.0 Å². The van der Waals surface area contributed by atoms with Crippen LogP contribution < -0.4 is 9.62 Å². The van der Waals surface area contributed by atoms with Crippen molar-refractivity contribution in [1.82, 2.24) is 9.71 Å². The first-order valence-corrected chi connectivity index (χ1v) is 10.7. The average molecular weight is 406 g/mol. The summed E-state index contributed by atoms with van der Waals surface area (Å²) in [5.74, 6) is 0. The Balaban J connectivity index is 1.59. The summed E-state index contributed by atoms with van der Waals surface area (Å²) in [5.41, 5.74) is 0.897. The fraction of sp³-hybridized carbons (Fsp3) is 0.400. The van der Waals surface area contributed by atoms with Gasteiger partial charge < -0.3 is 4.90 Å². The summed E-state index contributed by atoms with van der Waals surface area (Å²) in [6.45, 7) is 2.37. The van der Waals surface area contributed by atoms with Crippen LogP contribution in [0.2, 0.25) is 10.0 Å². The highest BCUT2D eigenvalue weighted by atomic mass is 35.5. The van der Waals surface area contributed by atoms with Crippen molar-refractivity contribution >= 4 is 49.7 Å². The third-order valence-corrected chi connectivity index (χ3v) is 6.56. The van der Waals surface area contributed by atoms with E-state index in [4.69, 9.17) is 23.2 Å². The van der Waals surface area contributed by atoms with Crippen molar-refractivity contribution in [2.45, 2.75) is 24.2 Å². The SMILES string of the molecule is O=S(=O)(NCCc1csc(N2CCCC2)n1)c1cc(Cl)cc(Cl)c1. The molecule has 0 bridgehead atoms. The Bertz CT molecular complexity index is 798. The molecule has 0 aliphatic carbocycles. The summed E-state index contributed by atoms with van der Waals surface area (Å²) >= 11 is 13.3. The molecule has 1 aliphatic rings. The number of benzene rings is 1. The maximum absolute atomic E-state index is 12.3. The summed E-state index contributed by atoms with van der Waals surface area (Å²) in [5, 5.41) is 3.58. The monoisotopic (exact) mass is 405 g/mol. The van der Waals surface area contributed by atoms with E-state index in [1.807, 2.05) is 5.38 Å². The molecule has 1 aliphatic heterocycles. The van der Waals surface area contributed by atoms with Gasteiger partial charge in [-0.05, 0) is 31.0 Å². The third-order valence-electron chi connectivity index (χ3n) is 3.74. The molecule has 0 saturated carbocycles. The van der Waals surface area contributed by atoms with Gasteiger partial charge in [-0.3, -0.25) is 0 Å². The van der Waals surface area contributed by atoms with Gasteiger partial charge in [0.25, 0.3) is 0 Å². The first-order valence-electron chi connectivity index (χ1n) is 7.59. The highest BCUT2D eigenvalue weighted by Crippen LogP contribution is 2.25. The molecular weight excluding hydrogens is 389 g/mol. The summed E-state index contributed by atoms with van der Waals surface area (Å²) in [6.07, 6.45) is 2.95. The van der Waals surface area contributed by atoms with E-state index in [-0.39, 0.29) is 21.5 Å². The van der Waals surface area contributed by atoms with Crippen LogP contribution in [0.4, 0.5) is 5.13 Å². The van der Waals surface area contributed by atoms with Crippen LogP contribution in [0.25, 0.3) is 0 Å². The quantitative estimate of drug-likeness (QED) is 0.797. The lowest BCUT2D eigenvalue weighted by atomic mass is 10.3. The van der Waals surface area contributed by atoms with Crippen LogP contribution in [0.3, 0.4) is 0 Å². The van der Waals surface area contributed by atoms with E-state index in [0.29, 0.717) is 6.42 Å². The minimum absolute atomic E-state index is 0.0658. The lowest BCUT2D eigenvalue weighted by molar-refractivity contribution is 0.581. The number of thiazole rings is 1. The minimum Gasteiger partial charge on any atom is -0.348 e. The van der Waals surface area contributed by atoms with E-state index in [0.717, 1.165) is 23.9 Å². The first kappa shape index (κ1) is 17.9. The molecule has 1 saturated heterocycles. The second-order valence-corrected chi connectivity index (χ2v) is 9.04. The van der Waals surface area contributed by atoms with Gasteiger partial charge in [0.1, 0.15) is 0 Å². The summed E-state index contributed by atoms with van der Waals surface area (Å²) in [7, 11) is -3.64. The number of hydrogen-bond acceptors (Lipinski definition) is 5. The number of nitrogens with one attached hydrogen (secondary N) is 1. The maximum atomic E-state index is 12.3. The van der Waals surface area contributed by atoms with Crippen molar-refractivity contribution in [1.29, 1.82) is 0 Å². The summed E-state index contributed by atoms with van der Waals surface area (Å²) in [6, 6.07) is 4.26. The smallest absolute Gasteiger partial charge is 0.240 e. The normalized spacial score (nSPS) is 15.2. The Morgan fingerprint density at radius 2 is 1.83 bits per heavy atom. The van der Waals surface area contributed by atoms with E-state index in [1.54, 1.807) is 11.3 Å². The number of aromatic nitrogens is 1. The van der Waals surface area contributed by atoms with Crippen molar-refractivity contribution in [3.63, 3.8) is 0 Å². The van der Waals surface area contributed by atoms with Crippen LogP contribution in [-0.2, 0) is 16.4 Å². The second kappa shape index (κ2) is 7.58. The van der Waals surface area contributed by atoms with Crippen molar-refractivity contribution in [3.05, 3.63) is 39.3 Å². The van der Waals surface area contributed by atoms with Crippen molar-refractivity contribution in [2.24, 2.45) is 0 Å². The number of sulfonamides is 1. The van der Waals surface area contributed by atoms with Crippen LogP contribution in [0, 0.1) is 0 Å². The molecule has 24 heavy (non-hydrogen) atoms. The molecule has 0 amide bonds. The summed E-state index contributed by atoms with van der Waals surface area (Å²) < 4.78 is 27.1. The van der Waals surface area contributed by atoms with Crippen molar-refractivity contribution in [3.8, 4) is 0 Å². The zero-order valence-corrected chi connectivity index (χ0v) is 16.0. The Morgan fingerprint density at radius 3 is 2.50 bits per heavy atom. The van der Waals surface area contributed by atoms with Crippen LogP contribution in [0.1, 0.15) is 18.5 Å². The van der Waals surface area contributed by atoms with Crippen LogP contribution in [0.15, 0.2) is 28.5 Å². The molecule has 0 radical (unpaired) electrons. The predicted molar refractivity (Wildman–Crippen MR) is 98.9 cm³/mol. The van der Waals surface area contributed by atoms with E-state index in [2.05, 4.69) is 14.6 Å². The largest absolute Gasteiger partial charge is 0.348 e. The first-order chi connectivity index (χ1) is 11.4. The lowest BCUT2D eigenvalue weighted by Gasteiger charge is -2.12. The van der Waals surface area contributed by atoms with Gasteiger partial charge in [0.05, 0.1) is 10.6 Å². The molecule has 0 spiro atoms. The average Bonchev–Trinajstić information content (AvgIpc) is 3.17. The van der Waals surface area contributed by atoms with E-state index in [1.165, 1.54) is 31.0 Å². The topological polar surface area (TPSA) is 62.3 Å². The number of hydrogen-bond donors (Lipinski definition) is 1. The number of halogens is 2. The van der Waals surface area contributed by atoms with Gasteiger partial charge in [-0.25, -0.2) is 18.1 Å². The molecular formula is C15H17Cl2N3O2S2. The zero-order chi connectivity index (χ0) is 17.2. The predicted octanol–water partition coefficient (Wildman–Crippen LogP) is 3.57. The Morgan fingerprint density at radius 1 is 1.17 bits per heavy atom. The maximum Gasteiger partial charge on any atom is 0.240 e. The Hall–Kier alpha value is -0.860. The van der Waals surface area contributed by atoms with E-state index < -0.39 is 10.0 Å². The zero-order valence-electron chi connectivity index (χ0n) is 12.8. The molecule has 0 unspecified atom stereocenters. The summed E-state index contributed by atoms with van der Waals surface area (Å²) in [4.78, 5) is 6.92.